The lowest BCUT2D eigenvalue weighted by molar-refractivity contribution is 0.122. The molecule has 0 heterocycles. The molecule has 0 aromatic heterocycles. The van der Waals surface area contributed by atoms with Crippen LogP contribution < -0.4 is 10.5 Å². The Labute approximate surface area is 124 Å². The lowest BCUT2D eigenvalue weighted by atomic mass is 10.3. The minimum Gasteiger partial charge on any atom is -0.398 e. The summed E-state index contributed by atoms with van der Waals surface area (Å²) in [5, 5.41) is 0.103. The fourth-order valence-corrected chi connectivity index (χ4v) is 3.16. The number of nitrogens with one attached hydrogen (secondary N) is 1. The first-order chi connectivity index (χ1) is 9.34. The van der Waals surface area contributed by atoms with Gasteiger partial charge in [0.2, 0.25) is 10.0 Å². The second-order valence-corrected chi connectivity index (χ2v) is 6.58. The molecule has 1 aromatic rings. The van der Waals surface area contributed by atoms with Gasteiger partial charge in [0, 0.05) is 13.1 Å². The number of hydrogen-bond acceptors (Lipinski definition) is 5. The number of rotatable bonds is 8. The zero-order chi connectivity index (χ0) is 15.2. The maximum Gasteiger partial charge on any atom is 0.244 e. The van der Waals surface area contributed by atoms with Crippen LogP contribution in [0.3, 0.4) is 0 Å². The summed E-state index contributed by atoms with van der Waals surface area (Å²) in [4.78, 5) is 1.89. The Morgan fingerprint density at radius 1 is 1.35 bits per heavy atom. The highest BCUT2D eigenvalue weighted by molar-refractivity contribution is 7.89. The summed E-state index contributed by atoms with van der Waals surface area (Å²) >= 11 is 5.88. The van der Waals surface area contributed by atoms with Crippen LogP contribution in [0.2, 0.25) is 5.02 Å². The second-order valence-electron chi connectivity index (χ2n) is 4.47. The zero-order valence-electron chi connectivity index (χ0n) is 11.6. The average Bonchev–Trinajstić information content (AvgIpc) is 2.32. The van der Waals surface area contributed by atoms with Crippen LogP contribution in [0.25, 0.3) is 0 Å². The molecule has 0 spiro atoms. The van der Waals surface area contributed by atoms with Crippen molar-refractivity contribution in [3.8, 4) is 0 Å². The van der Waals surface area contributed by atoms with Crippen LogP contribution in [0.15, 0.2) is 23.1 Å². The molecule has 0 amide bonds. The SMILES string of the molecule is CN(C)CCOCCNS(=O)(=O)c1c(N)cccc1Cl. The molecule has 20 heavy (non-hydrogen) atoms. The van der Waals surface area contributed by atoms with E-state index in [1.807, 2.05) is 19.0 Å². The van der Waals surface area contributed by atoms with Gasteiger partial charge in [0.25, 0.3) is 0 Å². The van der Waals surface area contributed by atoms with E-state index in [0.29, 0.717) is 6.61 Å². The van der Waals surface area contributed by atoms with Crippen LogP contribution in [0.5, 0.6) is 0 Å². The molecule has 0 bridgehead atoms. The largest absolute Gasteiger partial charge is 0.398 e. The lowest BCUT2D eigenvalue weighted by Crippen LogP contribution is -2.29. The van der Waals surface area contributed by atoms with E-state index >= 15 is 0 Å². The van der Waals surface area contributed by atoms with Crippen LogP contribution in [0, 0.1) is 0 Å². The van der Waals surface area contributed by atoms with Crippen molar-refractivity contribution in [1.82, 2.24) is 9.62 Å². The second kappa shape index (κ2) is 7.80. The number of benzene rings is 1. The van der Waals surface area contributed by atoms with E-state index in [4.69, 9.17) is 22.1 Å². The molecule has 0 unspecified atom stereocenters. The van der Waals surface area contributed by atoms with E-state index < -0.39 is 10.0 Å². The number of anilines is 1. The molecular formula is C12H20ClN3O3S. The summed E-state index contributed by atoms with van der Waals surface area (Å²) in [7, 11) is 0.151. The summed E-state index contributed by atoms with van der Waals surface area (Å²) in [6.07, 6.45) is 0. The molecule has 0 aliphatic carbocycles. The minimum absolute atomic E-state index is 0.0880. The Kier molecular flexibility index (Phi) is 6.70. The van der Waals surface area contributed by atoms with Crippen molar-refractivity contribution in [2.75, 3.05) is 46.1 Å². The van der Waals surface area contributed by atoms with Crippen LogP contribution in [-0.4, -0.2) is 53.7 Å². The predicted octanol–water partition coefficient (Wildman–Crippen LogP) is 0.779. The lowest BCUT2D eigenvalue weighted by Gasteiger charge is -2.12. The molecule has 114 valence electrons. The molecule has 0 aliphatic rings. The van der Waals surface area contributed by atoms with Crippen LogP contribution in [0.1, 0.15) is 0 Å². The van der Waals surface area contributed by atoms with Crippen molar-refractivity contribution < 1.29 is 13.2 Å². The number of ether oxygens (including phenoxy) is 1. The Balaban J connectivity index is 2.50. The van der Waals surface area contributed by atoms with Gasteiger partial charge in [-0.2, -0.15) is 0 Å². The maximum atomic E-state index is 12.1. The normalized spacial score (nSPS) is 12.0. The van der Waals surface area contributed by atoms with Crippen LogP contribution in [0.4, 0.5) is 5.69 Å². The van der Waals surface area contributed by atoms with Crippen molar-refractivity contribution in [3.63, 3.8) is 0 Å². The molecule has 3 N–H and O–H groups in total. The zero-order valence-corrected chi connectivity index (χ0v) is 13.2. The summed E-state index contributed by atoms with van der Waals surface area (Å²) in [6.45, 7) is 1.78. The van der Waals surface area contributed by atoms with Gasteiger partial charge in [-0.1, -0.05) is 17.7 Å². The Hall–Kier alpha value is -0.860. The highest BCUT2D eigenvalue weighted by Gasteiger charge is 2.20. The van der Waals surface area contributed by atoms with Gasteiger partial charge in [0.15, 0.2) is 0 Å². The molecule has 1 aromatic carbocycles. The third-order valence-corrected chi connectivity index (χ3v) is 4.49. The molecule has 0 radical (unpaired) electrons. The van der Waals surface area contributed by atoms with Gasteiger partial charge in [0.05, 0.1) is 23.9 Å². The quantitative estimate of drug-likeness (QED) is 0.546. The van der Waals surface area contributed by atoms with Gasteiger partial charge < -0.3 is 15.4 Å². The van der Waals surface area contributed by atoms with E-state index in [1.165, 1.54) is 12.1 Å². The minimum atomic E-state index is -3.72. The molecule has 0 aliphatic heterocycles. The summed E-state index contributed by atoms with van der Waals surface area (Å²) < 4.78 is 31.9. The first kappa shape index (κ1) is 17.2. The number of nitrogens with two attached hydrogens (primary N) is 1. The standard InChI is InChI=1S/C12H20ClN3O3S/c1-16(2)7-9-19-8-6-15-20(17,18)12-10(13)4-3-5-11(12)14/h3-5,15H,6-9,14H2,1-2H3. The number of likely N-dealkylation sites (N-methyl/N-ethyl adjacent to an activating group) is 1. The fraction of sp³-hybridized carbons (Fsp3) is 0.500. The summed E-state index contributed by atoms with van der Waals surface area (Å²) in [6, 6.07) is 4.58. The number of halogens is 1. The fourth-order valence-electron chi connectivity index (χ4n) is 1.48. The topological polar surface area (TPSA) is 84.7 Å². The van der Waals surface area contributed by atoms with E-state index in [2.05, 4.69) is 4.72 Å². The first-order valence-electron chi connectivity index (χ1n) is 6.10. The smallest absolute Gasteiger partial charge is 0.244 e. The van der Waals surface area contributed by atoms with Crippen molar-refractivity contribution >= 4 is 27.3 Å². The number of nitrogen functional groups attached to an aromatic ring is 1. The molecule has 0 saturated carbocycles. The van der Waals surface area contributed by atoms with E-state index in [-0.39, 0.29) is 28.8 Å². The van der Waals surface area contributed by atoms with Crippen molar-refractivity contribution in [2.45, 2.75) is 4.90 Å². The molecule has 0 fully saturated rings. The van der Waals surface area contributed by atoms with E-state index in [9.17, 15) is 8.42 Å². The van der Waals surface area contributed by atoms with Crippen molar-refractivity contribution in [3.05, 3.63) is 23.2 Å². The third-order valence-electron chi connectivity index (χ3n) is 2.49. The van der Waals surface area contributed by atoms with Crippen LogP contribution in [-0.2, 0) is 14.8 Å². The summed E-state index contributed by atoms with van der Waals surface area (Å²) in [5.41, 5.74) is 5.78. The van der Waals surface area contributed by atoms with Crippen molar-refractivity contribution in [1.29, 1.82) is 0 Å². The van der Waals surface area contributed by atoms with Crippen molar-refractivity contribution in [2.24, 2.45) is 0 Å². The van der Waals surface area contributed by atoms with Crippen LogP contribution >= 0.6 is 11.6 Å². The van der Waals surface area contributed by atoms with Gasteiger partial charge in [-0.05, 0) is 26.2 Å². The Bertz CT molecular complexity index is 514. The Morgan fingerprint density at radius 3 is 2.65 bits per heavy atom. The van der Waals surface area contributed by atoms with E-state index in [1.54, 1.807) is 6.07 Å². The molecule has 6 nitrogen and oxygen atoms in total. The Morgan fingerprint density at radius 2 is 2.05 bits per heavy atom. The molecule has 0 atom stereocenters. The number of sulfonamides is 1. The highest BCUT2D eigenvalue weighted by atomic mass is 35.5. The molecule has 1 rings (SSSR count). The number of hydrogen-bond donors (Lipinski definition) is 2. The van der Waals surface area contributed by atoms with Gasteiger partial charge in [0.1, 0.15) is 4.90 Å². The highest BCUT2D eigenvalue weighted by Crippen LogP contribution is 2.26. The van der Waals surface area contributed by atoms with Gasteiger partial charge in [-0.3, -0.25) is 0 Å². The molecule has 0 saturated heterocycles. The number of nitrogens with zero attached hydrogens (tertiary/aromatic N) is 1. The molecule has 8 heteroatoms. The monoisotopic (exact) mass is 321 g/mol. The summed E-state index contributed by atoms with van der Waals surface area (Å²) in [5.74, 6) is 0. The molecular weight excluding hydrogens is 302 g/mol. The van der Waals surface area contributed by atoms with Gasteiger partial charge in [-0.25, -0.2) is 13.1 Å². The predicted molar refractivity (Wildman–Crippen MR) is 80.4 cm³/mol. The van der Waals surface area contributed by atoms with E-state index in [0.717, 1.165) is 6.54 Å². The van der Waals surface area contributed by atoms with Gasteiger partial charge in [-0.15, -0.1) is 0 Å². The maximum absolute atomic E-state index is 12.1. The average molecular weight is 322 g/mol. The first-order valence-corrected chi connectivity index (χ1v) is 7.97. The van der Waals surface area contributed by atoms with Gasteiger partial charge >= 0.3 is 0 Å². The third kappa shape index (κ3) is 5.26.